The summed E-state index contributed by atoms with van der Waals surface area (Å²) in [5, 5.41) is 7.12. The molecule has 0 saturated heterocycles. The van der Waals surface area contributed by atoms with E-state index in [1.54, 1.807) is 32.2 Å². The predicted octanol–water partition coefficient (Wildman–Crippen LogP) is 4.95. The second-order valence-corrected chi connectivity index (χ2v) is 8.07. The first-order chi connectivity index (χ1) is 15.7. The molecule has 1 N–H and O–H groups in total. The van der Waals surface area contributed by atoms with E-state index in [4.69, 9.17) is 0 Å². The van der Waals surface area contributed by atoms with Gasteiger partial charge in [-0.3, -0.25) is 4.79 Å². The van der Waals surface area contributed by atoms with Gasteiger partial charge in [-0.15, -0.1) is 0 Å². The van der Waals surface area contributed by atoms with Gasteiger partial charge in [0.1, 0.15) is 11.6 Å². The summed E-state index contributed by atoms with van der Waals surface area (Å²) in [5.74, 6) is 0.845. The van der Waals surface area contributed by atoms with Crippen molar-refractivity contribution in [1.82, 2.24) is 24.6 Å². The minimum Gasteiger partial charge on any atom is -0.305 e. The van der Waals surface area contributed by atoms with E-state index in [0.29, 0.717) is 34.5 Å². The molecule has 33 heavy (non-hydrogen) atoms. The summed E-state index contributed by atoms with van der Waals surface area (Å²) in [5.41, 5.74) is 0.749. The van der Waals surface area contributed by atoms with Gasteiger partial charge in [0.05, 0.1) is 17.0 Å². The van der Waals surface area contributed by atoms with Crippen LogP contribution in [0.4, 0.5) is 19.0 Å². The molecular formula is C23H19F3N6O. The number of rotatable bonds is 4. The van der Waals surface area contributed by atoms with Gasteiger partial charge in [0.15, 0.2) is 11.3 Å². The summed E-state index contributed by atoms with van der Waals surface area (Å²) < 4.78 is 42.0. The number of carbonyl (C=O) groups excluding carboxylic acids is 1. The first-order valence-electron chi connectivity index (χ1n) is 10.4. The summed E-state index contributed by atoms with van der Waals surface area (Å²) >= 11 is 0. The summed E-state index contributed by atoms with van der Waals surface area (Å²) in [6.07, 6.45) is -0.908. The molecule has 168 valence electrons. The van der Waals surface area contributed by atoms with Crippen LogP contribution in [-0.4, -0.2) is 30.5 Å². The normalized spacial score (nSPS) is 14.0. The fraction of sp³-hybridized carbons (Fsp3) is 0.261. The Morgan fingerprint density at radius 2 is 1.88 bits per heavy atom. The van der Waals surface area contributed by atoms with Gasteiger partial charge in [-0.05, 0) is 50.5 Å². The standard InChI is InChI=1S/C23H19F3N6O/c1-12-11-17(15-5-3-4-6-16(15)23(24,25)26)31-32-19(13(2)28-21(12)32)22(33)30-18-9-10-27-20(29-18)14-7-8-14/h3-6,9-11,14H,7-8H2,1-2H3,(H,27,29,30,33). The van der Waals surface area contributed by atoms with Crippen LogP contribution in [0.25, 0.3) is 16.9 Å². The molecule has 1 aliphatic carbocycles. The molecule has 0 atom stereocenters. The van der Waals surface area contributed by atoms with Gasteiger partial charge in [-0.1, -0.05) is 18.2 Å². The van der Waals surface area contributed by atoms with Gasteiger partial charge < -0.3 is 5.32 Å². The van der Waals surface area contributed by atoms with Crippen molar-refractivity contribution < 1.29 is 18.0 Å². The average molecular weight is 452 g/mol. The minimum absolute atomic E-state index is 0.0717. The van der Waals surface area contributed by atoms with Gasteiger partial charge in [-0.2, -0.15) is 18.3 Å². The van der Waals surface area contributed by atoms with Crippen LogP contribution in [0, 0.1) is 13.8 Å². The summed E-state index contributed by atoms with van der Waals surface area (Å²) in [7, 11) is 0. The SMILES string of the molecule is Cc1nc2c(C)cc(-c3ccccc3C(F)(F)F)nn2c1C(=O)Nc1ccnc(C2CC2)n1. The fourth-order valence-corrected chi connectivity index (χ4v) is 3.78. The number of benzene rings is 1. The highest BCUT2D eigenvalue weighted by Gasteiger charge is 2.34. The molecule has 0 bridgehead atoms. The third-order valence-electron chi connectivity index (χ3n) is 5.52. The van der Waals surface area contributed by atoms with E-state index in [2.05, 4.69) is 25.4 Å². The number of nitrogens with zero attached hydrogens (tertiary/aromatic N) is 5. The van der Waals surface area contributed by atoms with Gasteiger partial charge in [0.2, 0.25) is 0 Å². The van der Waals surface area contributed by atoms with E-state index in [9.17, 15) is 18.0 Å². The Labute approximate surface area is 186 Å². The fourth-order valence-electron chi connectivity index (χ4n) is 3.78. The number of hydrogen-bond acceptors (Lipinski definition) is 5. The molecule has 1 saturated carbocycles. The third kappa shape index (κ3) is 3.92. The molecule has 5 rings (SSSR count). The van der Waals surface area contributed by atoms with Crippen LogP contribution in [0.5, 0.6) is 0 Å². The Balaban J connectivity index is 1.58. The van der Waals surface area contributed by atoms with Gasteiger partial charge in [0, 0.05) is 17.7 Å². The van der Waals surface area contributed by atoms with Crippen molar-refractivity contribution in [2.24, 2.45) is 0 Å². The molecule has 1 amide bonds. The molecule has 10 heteroatoms. The number of anilines is 1. The molecule has 3 heterocycles. The van der Waals surface area contributed by atoms with E-state index >= 15 is 0 Å². The Kier molecular flexibility index (Phi) is 4.88. The lowest BCUT2D eigenvalue weighted by Crippen LogP contribution is -2.18. The molecule has 7 nitrogen and oxygen atoms in total. The maximum absolute atomic E-state index is 13.6. The van der Waals surface area contributed by atoms with Crippen molar-refractivity contribution in [3.05, 3.63) is 70.9 Å². The maximum Gasteiger partial charge on any atom is 0.417 e. The quantitative estimate of drug-likeness (QED) is 0.474. The molecule has 1 fully saturated rings. The lowest BCUT2D eigenvalue weighted by Gasteiger charge is -2.13. The predicted molar refractivity (Wildman–Crippen MR) is 115 cm³/mol. The van der Waals surface area contributed by atoms with E-state index in [-0.39, 0.29) is 17.0 Å². The molecule has 4 aromatic rings. The first kappa shape index (κ1) is 21.0. The first-order valence-corrected chi connectivity index (χ1v) is 10.4. The van der Waals surface area contributed by atoms with Crippen molar-refractivity contribution in [3.63, 3.8) is 0 Å². The molecule has 1 aromatic carbocycles. The van der Waals surface area contributed by atoms with Crippen molar-refractivity contribution in [1.29, 1.82) is 0 Å². The number of amides is 1. The zero-order valence-electron chi connectivity index (χ0n) is 17.8. The number of imidazole rings is 1. The average Bonchev–Trinajstić information content (AvgIpc) is 3.56. The zero-order valence-corrected chi connectivity index (χ0v) is 17.8. The van der Waals surface area contributed by atoms with Gasteiger partial charge in [0.25, 0.3) is 5.91 Å². The molecule has 0 spiro atoms. The van der Waals surface area contributed by atoms with Crippen molar-refractivity contribution in [3.8, 4) is 11.3 Å². The molecular weight excluding hydrogens is 433 g/mol. The van der Waals surface area contributed by atoms with Crippen LogP contribution in [0.3, 0.4) is 0 Å². The minimum atomic E-state index is -4.54. The molecule has 0 unspecified atom stereocenters. The molecule has 3 aromatic heterocycles. The lowest BCUT2D eigenvalue weighted by atomic mass is 10.0. The number of nitrogens with one attached hydrogen (secondary N) is 1. The van der Waals surface area contributed by atoms with E-state index < -0.39 is 17.6 Å². The van der Waals surface area contributed by atoms with Crippen LogP contribution < -0.4 is 5.32 Å². The van der Waals surface area contributed by atoms with Gasteiger partial charge >= 0.3 is 6.18 Å². The van der Waals surface area contributed by atoms with Crippen LogP contribution in [0.1, 0.15) is 51.9 Å². The number of hydrogen-bond donors (Lipinski definition) is 1. The Hall–Kier alpha value is -3.82. The zero-order chi connectivity index (χ0) is 23.3. The number of aromatic nitrogens is 5. The highest BCUT2D eigenvalue weighted by atomic mass is 19.4. The van der Waals surface area contributed by atoms with Crippen LogP contribution in [0.15, 0.2) is 42.6 Å². The van der Waals surface area contributed by atoms with Crippen LogP contribution in [0.2, 0.25) is 0 Å². The van der Waals surface area contributed by atoms with E-state index in [0.717, 1.165) is 18.9 Å². The Bertz CT molecular complexity index is 1390. The number of alkyl halides is 3. The van der Waals surface area contributed by atoms with E-state index in [1.165, 1.54) is 22.7 Å². The van der Waals surface area contributed by atoms with Crippen molar-refractivity contribution in [2.75, 3.05) is 5.32 Å². The maximum atomic E-state index is 13.6. The highest BCUT2D eigenvalue weighted by molar-refractivity contribution is 6.04. The number of carbonyl (C=O) groups is 1. The largest absolute Gasteiger partial charge is 0.417 e. The summed E-state index contributed by atoms with van der Waals surface area (Å²) in [4.78, 5) is 26.2. The molecule has 1 aliphatic rings. The Morgan fingerprint density at radius 3 is 2.61 bits per heavy atom. The second kappa shape index (κ2) is 7.65. The van der Waals surface area contributed by atoms with E-state index in [1.807, 2.05) is 0 Å². The smallest absolute Gasteiger partial charge is 0.305 e. The topological polar surface area (TPSA) is 85.1 Å². The van der Waals surface area contributed by atoms with Crippen LogP contribution >= 0.6 is 0 Å². The number of halogens is 3. The molecule has 0 aliphatic heterocycles. The summed E-state index contributed by atoms with van der Waals surface area (Å²) in [6.45, 7) is 3.37. The monoisotopic (exact) mass is 452 g/mol. The summed E-state index contributed by atoms with van der Waals surface area (Å²) in [6, 6.07) is 8.35. The highest BCUT2D eigenvalue weighted by Crippen LogP contribution is 2.38. The van der Waals surface area contributed by atoms with Crippen molar-refractivity contribution >= 4 is 17.4 Å². The number of aryl methyl sites for hydroxylation is 2. The van der Waals surface area contributed by atoms with Crippen LogP contribution in [-0.2, 0) is 6.18 Å². The Morgan fingerprint density at radius 1 is 1.12 bits per heavy atom. The second-order valence-electron chi connectivity index (χ2n) is 8.07. The van der Waals surface area contributed by atoms with Crippen molar-refractivity contribution in [2.45, 2.75) is 38.8 Å². The molecule has 0 radical (unpaired) electrons. The third-order valence-corrected chi connectivity index (χ3v) is 5.52. The number of fused-ring (bicyclic) bond motifs is 1. The van der Waals surface area contributed by atoms with Gasteiger partial charge in [-0.25, -0.2) is 19.5 Å². The lowest BCUT2D eigenvalue weighted by molar-refractivity contribution is -0.137.